The van der Waals surface area contributed by atoms with Gasteiger partial charge in [0.15, 0.2) is 0 Å². The lowest BCUT2D eigenvalue weighted by Crippen LogP contribution is -2.47. The number of hydrogen-bond donors (Lipinski definition) is 1. The average Bonchev–Trinajstić information content (AvgIpc) is 2.12. The standard InChI is InChI=1S/C11H24N2O/c1-4-11(5-12)8-13-6-9(2)14-10(3)7-13/h9-11H,4-8,12H2,1-3H3/t9-,10+,11?. The Balaban J connectivity index is 2.35. The van der Waals surface area contributed by atoms with E-state index in [1.807, 2.05) is 0 Å². The van der Waals surface area contributed by atoms with Crippen molar-refractivity contribution >= 4 is 0 Å². The lowest BCUT2D eigenvalue weighted by molar-refractivity contribution is -0.0712. The van der Waals surface area contributed by atoms with Crippen LogP contribution in [0.5, 0.6) is 0 Å². The highest BCUT2D eigenvalue weighted by atomic mass is 16.5. The minimum atomic E-state index is 0.369. The fourth-order valence-corrected chi connectivity index (χ4v) is 2.17. The van der Waals surface area contributed by atoms with Crippen molar-refractivity contribution in [1.82, 2.24) is 4.90 Å². The molecule has 2 N–H and O–H groups in total. The molecule has 0 aromatic rings. The highest BCUT2D eigenvalue weighted by molar-refractivity contribution is 4.75. The third kappa shape index (κ3) is 3.56. The van der Waals surface area contributed by atoms with Gasteiger partial charge in [0.1, 0.15) is 0 Å². The Bertz CT molecular complexity index is 149. The predicted octanol–water partition coefficient (Wildman–Crippen LogP) is 1.08. The van der Waals surface area contributed by atoms with Crippen molar-refractivity contribution in [3.63, 3.8) is 0 Å². The van der Waals surface area contributed by atoms with Crippen molar-refractivity contribution in [2.45, 2.75) is 39.4 Å². The molecule has 0 spiro atoms. The van der Waals surface area contributed by atoms with Crippen LogP contribution < -0.4 is 5.73 Å². The second-order valence-corrected chi connectivity index (χ2v) is 4.49. The summed E-state index contributed by atoms with van der Waals surface area (Å²) < 4.78 is 5.69. The summed E-state index contributed by atoms with van der Waals surface area (Å²) in [5.74, 6) is 0.646. The molecule has 1 aliphatic rings. The van der Waals surface area contributed by atoms with Crippen molar-refractivity contribution in [2.75, 3.05) is 26.2 Å². The zero-order chi connectivity index (χ0) is 10.6. The molecule has 3 heteroatoms. The van der Waals surface area contributed by atoms with Crippen molar-refractivity contribution < 1.29 is 4.74 Å². The highest BCUT2D eigenvalue weighted by Gasteiger charge is 2.23. The van der Waals surface area contributed by atoms with Crippen LogP contribution in [-0.4, -0.2) is 43.3 Å². The lowest BCUT2D eigenvalue weighted by Gasteiger charge is -2.36. The molecule has 0 radical (unpaired) electrons. The lowest BCUT2D eigenvalue weighted by atomic mass is 10.1. The summed E-state index contributed by atoms with van der Waals surface area (Å²) >= 11 is 0. The smallest absolute Gasteiger partial charge is 0.0678 e. The van der Waals surface area contributed by atoms with Crippen LogP contribution in [0.2, 0.25) is 0 Å². The summed E-state index contributed by atoms with van der Waals surface area (Å²) in [7, 11) is 0. The molecule has 1 unspecified atom stereocenters. The van der Waals surface area contributed by atoms with Gasteiger partial charge in [0.05, 0.1) is 12.2 Å². The zero-order valence-electron chi connectivity index (χ0n) is 9.70. The number of nitrogens with zero attached hydrogens (tertiary/aromatic N) is 1. The molecular formula is C11H24N2O. The van der Waals surface area contributed by atoms with Gasteiger partial charge in [0.25, 0.3) is 0 Å². The maximum absolute atomic E-state index is 5.71. The number of morpholine rings is 1. The van der Waals surface area contributed by atoms with E-state index in [2.05, 4.69) is 25.7 Å². The average molecular weight is 200 g/mol. The van der Waals surface area contributed by atoms with Gasteiger partial charge in [-0.2, -0.15) is 0 Å². The topological polar surface area (TPSA) is 38.5 Å². The summed E-state index contributed by atoms with van der Waals surface area (Å²) in [6.07, 6.45) is 1.92. The fourth-order valence-electron chi connectivity index (χ4n) is 2.17. The molecule has 3 nitrogen and oxygen atoms in total. The van der Waals surface area contributed by atoms with E-state index in [1.165, 1.54) is 6.42 Å². The van der Waals surface area contributed by atoms with E-state index in [1.54, 1.807) is 0 Å². The largest absolute Gasteiger partial charge is 0.373 e. The van der Waals surface area contributed by atoms with Crippen LogP contribution in [0.4, 0.5) is 0 Å². The molecule has 1 fully saturated rings. The van der Waals surface area contributed by atoms with E-state index in [0.717, 1.165) is 26.2 Å². The van der Waals surface area contributed by atoms with Gasteiger partial charge >= 0.3 is 0 Å². The Morgan fingerprint density at radius 1 is 1.36 bits per heavy atom. The van der Waals surface area contributed by atoms with Crippen LogP contribution in [0.15, 0.2) is 0 Å². The van der Waals surface area contributed by atoms with E-state index < -0.39 is 0 Å². The molecule has 1 saturated heterocycles. The summed E-state index contributed by atoms with van der Waals surface area (Å²) in [5, 5.41) is 0. The Morgan fingerprint density at radius 3 is 2.36 bits per heavy atom. The Kier molecular flexibility index (Phi) is 4.85. The van der Waals surface area contributed by atoms with Gasteiger partial charge in [-0.1, -0.05) is 13.3 Å². The van der Waals surface area contributed by atoms with Crippen LogP contribution in [-0.2, 0) is 4.74 Å². The molecule has 0 aromatic heterocycles. The van der Waals surface area contributed by atoms with Crippen molar-refractivity contribution in [3.8, 4) is 0 Å². The van der Waals surface area contributed by atoms with E-state index in [4.69, 9.17) is 10.5 Å². The monoisotopic (exact) mass is 200 g/mol. The molecule has 0 bridgehead atoms. The molecule has 1 rings (SSSR count). The summed E-state index contributed by atoms with van der Waals surface area (Å²) in [6.45, 7) is 10.5. The fraction of sp³-hybridized carbons (Fsp3) is 1.00. The van der Waals surface area contributed by atoms with Crippen molar-refractivity contribution in [1.29, 1.82) is 0 Å². The van der Waals surface area contributed by atoms with E-state index >= 15 is 0 Å². The predicted molar refractivity (Wildman–Crippen MR) is 59.3 cm³/mol. The third-order valence-electron chi connectivity index (χ3n) is 2.92. The maximum Gasteiger partial charge on any atom is 0.0678 e. The summed E-state index contributed by atoms with van der Waals surface area (Å²) in [4.78, 5) is 2.49. The van der Waals surface area contributed by atoms with Crippen molar-refractivity contribution in [3.05, 3.63) is 0 Å². The highest BCUT2D eigenvalue weighted by Crippen LogP contribution is 2.13. The Labute approximate surface area is 87.6 Å². The molecular weight excluding hydrogens is 176 g/mol. The minimum Gasteiger partial charge on any atom is -0.373 e. The Hall–Kier alpha value is -0.120. The quantitative estimate of drug-likeness (QED) is 0.738. The molecule has 84 valence electrons. The van der Waals surface area contributed by atoms with Crippen LogP contribution in [0.3, 0.4) is 0 Å². The SMILES string of the molecule is CCC(CN)CN1C[C@@H](C)O[C@@H](C)C1. The summed E-state index contributed by atoms with van der Waals surface area (Å²) in [5.41, 5.74) is 5.71. The second-order valence-electron chi connectivity index (χ2n) is 4.49. The zero-order valence-corrected chi connectivity index (χ0v) is 9.70. The summed E-state index contributed by atoms with van der Waals surface area (Å²) in [6, 6.07) is 0. The van der Waals surface area contributed by atoms with E-state index in [-0.39, 0.29) is 0 Å². The molecule has 14 heavy (non-hydrogen) atoms. The van der Waals surface area contributed by atoms with Gasteiger partial charge in [-0.3, -0.25) is 4.90 Å². The number of hydrogen-bond acceptors (Lipinski definition) is 3. The van der Waals surface area contributed by atoms with Gasteiger partial charge in [0, 0.05) is 19.6 Å². The minimum absolute atomic E-state index is 0.369. The first kappa shape index (κ1) is 12.0. The first-order chi connectivity index (χ1) is 6.65. The molecule has 0 amide bonds. The van der Waals surface area contributed by atoms with E-state index in [0.29, 0.717) is 18.1 Å². The molecule has 0 saturated carbocycles. The molecule has 1 aliphatic heterocycles. The normalized spacial score (nSPS) is 31.7. The molecule has 0 aliphatic carbocycles. The van der Waals surface area contributed by atoms with Gasteiger partial charge < -0.3 is 10.5 Å². The second kappa shape index (κ2) is 5.69. The van der Waals surface area contributed by atoms with E-state index in [9.17, 15) is 0 Å². The van der Waals surface area contributed by atoms with Crippen LogP contribution >= 0.6 is 0 Å². The van der Waals surface area contributed by atoms with Gasteiger partial charge in [0.2, 0.25) is 0 Å². The number of ether oxygens (including phenoxy) is 1. The van der Waals surface area contributed by atoms with Crippen LogP contribution in [0.1, 0.15) is 27.2 Å². The van der Waals surface area contributed by atoms with Crippen LogP contribution in [0, 0.1) is 5.92 Å². The molecule has 1 heterocycles. The van der Waals surface area contributed by atoms with Gasteiger partial charge in [-0.15, -0.1) is 0 Å². The first-order valence-electron chi connectivity index (χ1n) is 5.73. The van der Waals surface area contributed by atoms with Crippen LogP contribution in [0.25, 0.3) is 0 Å². The molecule has 3 atom stereocenters. The Morgan fingerprint density at radius 2 is 1.93 bits per heavy atom. The third-order valence-corrected chi connectivity index (χ3v) is 2.92. The van der Waals surface area contributed by atoms with Gasteiger partial charge in [-0.25, -0.2) is 0 Å². The van der Waals surface area contributed by atoms with Gasteiger partial charge in [-0.05, 0) is 26.3 Å². The first-order valence-corrected chi connectivity index (χ1v) is 5.73. The van der Waals surface area contributed by atoms with Crippen molar-refractivity contribution in [2.24, 2.45) is 11.7 Å². The number of nitrogens with two attached hydrogens (primary N) is 1. The molecule has 0 aromatic carbocycles. The number of rotatable bonds is 4. The maximum atomic E-state index is 5.71.